The molecule has 1 aromatic heterocycles. The second kappa shape index (κ2) is 15.4. The first kappa shape index (κ1) is 37.2. The Labute approximate surface area is 331 Å². The summed E-state index contributed by atoms with van der Waals surface area (Å²) < 4.78 is 1.89. The van der Waals surface area contributed by atoms with Crippen LogP contribution in [0.5, 0.6) is 0 Å². The highest BCUT2D eigenvalue weighted by molar-refractivity contribution is 6.31. The maximum absolute atomic E-state index is 13.3. The molecule has 4 aliphatic rings. The molecular formula is C44H42ClN7O4. The van der Waals surface area contributed by atoms with Crippen molar-refractivity contribution >= 4 is 40.9 Å². The highest BCUT2D eigenvalue weighted by Gasteiger charge is 2.45. The smallest absolute Gasteiger partial charge is 0.262 e. The summed E-state index contributed by atoms with van der Waals surface area (Å²) in [6, 6.07) is 20.9. The molecule has 4 amide bonds. The van der Waals surface area contributed by atoms with E-state index in [0.29, 0.717) is 33.7 Å². The molecule has 284 valence electrons. The van der Waals surface area contributed by atoms with E-state index >= 15 is 0 Å². The number of likely N-dealkylation sites (tertiary alicyclic amines) is 1. The van der Waals surface area contributed by atoms with Gasteiger partial charge in [0.15, 0.2) is 0 Å². The molecule has 8 rings (SSSR count). The number of amides is 4. The Morgan fingerprint density at radius 2 is 1.55 bits per heavy atom. The lowest BCUT2D eigenvalue weighted by Crippen LogP contribution is -2.54. The van der Waals surface area contributed by atoms with E-state index in [9.17, 15) is 24.4 Å². The predicted octanol–water partition coefficient (Wildman–Crippen LogP) is 5.74. The van der Waals surface area contributed by atoms with E-state index in [1.807, 2.05) is 23.7 Å². The number of imide groups is 2. The fourth-order valence-corrected chi connectivity index (χ4v) is 8.77. The van der Waals surface area contributed by atoms with Crippen LogP contribution >= 0.6 is 11.6 Å². The highest BCUT2D eigenvalue weighted by atomic mass is 35.5. The highest BCUT2D eigenvalue weighted by Crippen LogP contribution is 2.33. The van der Waals surface area contributed by atoms with Gasteiger partial charge in [-0.15, -0.1) is 0 Å². The number of hydrogen-bond acceptors (Lipinski definition) is 8. The van der Waals surface area contributed by atoms with Gasteiger partial charge in [0.25, 0.3) is 11.8 Å². The molecule has 3 fully saturated rings. The summed E-state index contributed by atoms with van der Waals surface area (Å²) in [6.45, 7) is 7.83. The van der Waals surface area contributed by atoms with Crippen molar-refractivity contribution in [2.45, 2.75) is 70.9 Å². The lowest BCUT2D eigenvalue weighted by Gasteiger charge is -2.42. The molecule has 56 heavy (non-hydrogen) atoms. The standard InChI is InChI=1S/C44H42ClN7O4/c1-27-37(28(2)52(48-27)35-10-9-32(26-46)39(45)25-35)23-31-7-5-29(6-8-31)3-4-30-15-19-49(20-16-30)33-17-21-50(22-18-33)34-11-12-36-38(24-34)44(56)51(43(36)55)40-13-14-41(53)47-42(40)54/h5-12,24-25,30,33,40H,13-23H2,1-2H3,(H,47,53,54). The van der Waals surface area contributed by atoms with Gasteiger partial charge in [-0.3, -0.25) is 29.4 Å². The quantitative estimate of drug-likeness (QED) is 0.194. The van der Waals surface area contributed by atoms with E-state index in [1.54, 1.807) is 24.3 Å². The zero-order valence-corrected chi connectivity index (χ0v) is 32.2. The number of benzene rings is 3. The van der Waals surface area contributed by atoms with Crippen LogP contribution in [-0.4, -0.2) is 81.5 Å². The molecule has 1 unspecified atom stereocenters. The van der Waals surface area contributed by atoms with Gasteiger partial charge in [0.05, 0.1) is 33.1 Å². The number of piperidine rings is 3. The van der Waals surface area contributed by atoms with Crippen molar-refractivity contribution in [2.24, 2.45) is 5.92 Å². The average molecular weight is 768 g/mol. The summed E-state index contributed by atoms with van der Waals surface area (Å²) in [5, 5.41) is 16.7. The molecule has 12 heteroatoms. The molecule has 4 aromatic rings. The van der Waals surface area contributed by atoms with Gasteiger partial charge >= 0.3 is 0 Å². The van der Waals surface area contributed by atoms with Crippen LogP contribution < -0.4 is 10.2 Å². The Morgan fingerprint density at radius 1 is 0.839 bits per heavy atom. The van der Waals surface area contributed by atoms with Crippen LogP contribution in [0.4, 0.5) is 5.69 Å². The summed E-state index contributed by atoms with van der Waals surface area (Å²) in [5.41, 5.74) is 8.18. The number of nitrogens with zero attached hydrogens (tertiary/aromatic N) is 6. The van der Waals surface area contributed by atoms with Crippen LogP contribution in [0.2, 0.25) is 5.02 Å². The van der Waals surface area contributed by atoms with Gasteiger partial charge in [-0.05, 0) is 113 Å². The lowest BCUT2D eigenvalue weighted by atomic mass is 9.93. The number of nitriles is 1. The van der Waals surface area contributed by atoms with Gasteiger partial charge in [-0.25, -0.2) is 4.68 Å². The van der Waals surface area contributed by atoms with Crippen LogP contribution in [0, 0.1) is 42.9 Å². The molecule has 3 aromatic carbocycles. The zero-order chi connectivity index (χ0) is 39.1. The van der Waals surface area contributed by atoms with Gasteiger partial charge in [0.1, 0.15) is 12.1 Å². The summed E-state index contributed by atoms with van der Waals surface area (Å²) in [5.74, 6) is 5.40. The number of anilines is 1. The molecule has 0 spiro atoms. The Kier molecular flexibility index (Phi) is 10.2. The molecule has 4 aliphatic heterocycles. The van der Waals surface area contributed by atoms with Crippen LogP contribution in [-0.2, 0) is 16.0 Å². The zero-order valence-electron chi connectivity index (χ0n) is 31.5. The van der Waals surface area contributed by atoms with Crippen LogP contribution in [0.3, 0.4) is 0 Å². The Balaban J connectivity index is 0.817. The van der Waals surface area contributed by atoms with E-state index < -0.39 is 23.8 Å². The number of carbonyl (C=O) groups excluding carboxylic acids is 4. The van der Waals surface area contributed by atoms with Crippen molar-refractivity contribution in [3.63, 3.8) is 0 Å². The normalized spacial score (nSPS) is 19.4. The number of fused-ring (bicyclic) bond motifs is 1. The SMILES string of the molecule is Cc1nn(-c2ccc(C#N)c(Cl)c2)c(C)c1Cc1ccc(C#CC2CCN(C3CCN(c4ccc5c(c4)C(=O)N(C4CCC(=O)NC4=O)C5=O)CC3)CC2)cc1. The number of aromatic nitrogens is 2. The molecule has 0 saturated carbocycles. The van der Waals surface area contributed by atoms with Gasteiger partial charge in [-0.2, -0.15) is 10.4 Å². The van der Waals surface area contributed by atoms with E-state index in [4.69, 9.17) is 16.7 Å². The second-order valence-electron chi connectivity index (χ2n) is 15.2. The number of rotatable bonds is 6. The van der Waals surface area contributed by atoms with Crippen LogP contribution in [0.25, 0.3) is 5.69 Å². The molecule has 0 bridgehead atoms. The topological polar surface area (TPSA) is 132 Å². The second-order valence-corrected chi connectivity index (χ2v) is 15.6. The third kappa shape index (κ3) is 7.21. The van der Waals surface area contributed by atoms with Crippen molar-refractivity contribution in [1.29, 1.82) is 5.26 Å². The van der Waals surface area contributed by atoms with E-state index in [1.165, 1.54) is 11.1 Å². The number of hydrogen-bond donors (Lipinski definition) is 1. The minimum absolute atomic E-state index is 0.0985. The Bertz CT molecular complexity index is 2350. The van der Waals surface area contributed by atoms with Gasteiger partial charge in [0, 0.05) is 60.4 Å². The fraction of sp³-hybridized carbons (Fsp3) is 0.364. The first-order chi connectivity index (χ1) is 27.1. The number of halogens is 1. The monoisotopic (exact) mass is 767 g/mol. The lowest BCUT2D eigenvalue weighted by molar-refractivity contribution is -0.136. The molecule has 3 saturated heterocycles. The summed E-state index contributed by atoms with van der Waals surface area (Å²) in [4.78, 5) is 56.4. The van der Waals surface area contributed by atoms with Crippen LogP contribution in [0.15, 0.2) is 60.7 Å². The first-order valence-corrected chi connectivity index (χ1v) is 19.7. The minimum Gasteiger partial charge on any atom is -0.371 e. The van der Waals surface area contributed by atoms with Gasteiger partial charge in [0.2, 0.25) is 11.8 Å². The Morgan fingerprint density at radius 3 is 2.25 bits per heavy atom. The maximum Gasteiger partial charge on any atom is 0.262 e. The Hall–Kier alpha value is -5.75. The summed E-state index contributed by atoms with van der Waals surface area (Å²) >= 11 is 6.29. The number of nitrogens with one attached hydrogen (secondary N) is 1. The molecule has 11 nitrogen and oxygen atoms in total. The third-order valence-corrected chi connectivity index (χ3v) is 12.1. The van der Waals surface area contributed by atoms with Crippen molar-refractivity contribution in [1.82, 2.24) is 24.9 Å². The molecule has 0 radical (unpaired) electrons. The molecule has 0 aliphatic carbocycles. The third-order valence-electron chi connectivity index (χ3n) is 11.8. The van der Waals surface area contributed by atoms with Gasteiger partial charge in [-0.1, -0.05) is 35.6 Å². The van der Waals surface area contributed by atoms with E-state index in [0.717, 1.165) is 91.5 Å². The average Bonchev–Trinajstić information content (AvgIpc) is 3.63. The van der Waals surface area contributed by atoms with E-state index in [-0.39, 0.29) is 18.7 Å². The minimum atomic E-state index is -0.964. The molecule has 1 atom stereocenters. The van der Waals surface area contributed by atoms with Crippen molar-refractivity contribution in [2.75, 3.05) is 31.1 Å². The molecule has 1 N–H and O–H groups in total. The number of carbonyl (C=O) groups is 4. The van der Waals surface area contributed by atoms with E-state index in [2.05, 4.69) is 64.2 Å². The predicted molar refractivity (Wildman–Crippen MR) is 212 cm³/mol. The molecule has 5 heterocycles. The number of aryl methyl sites for hydroxylation is 1. The van der Waals surface area contributed by atoms with Crippen molar-refractivity contribution < 1.29 is 19.2 Å². The first-order valence-electron chi connectivity index (χ1n) is 19.3. The van der Waals surface area contributed by atoms with Crippen molar-refractivity contribution in [3.8, 4) is 23.6 Å². The fourth-order valence-electron chi connectivity index (χ4n) is 8.56. The van der Waals surface area contributed by atoms with Crippen molar-refractivity contribution in [3.05, 3.63) is 110 Å². The van der Waals surface area contributed by atoms with Gasteiger partial charge < -0.3 is 9.80 Å². The molecular weight excluding hydrogens is 726 g/mol. The maximum atomic E-state index is 13.3. The van der Waals surface area contributed by atoms with Crippen LogP contribution in [0.1, 0.15) is 92.9 Å². The summed E-state index contributed by atoms with van der Waals surface area (Å²) in [6.07, 6.45) is 5.11. The largest absolute Gasteiger partial charge is 0.371 e. The summed E-state index contributed by atoms with van der Waals surface area (Å²) in [7, 11) is 0.